The lowest BCUT2D eigenvalue weighted by Crippen LogP contribution is -2.04. The van der Waals surface area contributed by atoms with E-state index in [1.54, 1.807) is 7.11 Å². The minimum Gasteiger partial charge on any atom is -0.384 e. The Bertz CT molecular complexity index is 505. The Morgan fingerprint density at radius 1 is 0.947 bits per heavy atom. The normalized spacial score (nSPS) is 10.6. The number of ether oxygens (including phenoxy) is 1. The Morgan fingerprint density at radius 3 is 2.42 bits per heavy atom. The number of methoxy groups -OCH3 is 1. The average Bonchev–Trinajstić information content (AvgIpc) is 2.46. The van der Waals surface area contributed by atoms with E-state index in [0.29, 0.717) is 0 Å². The van der Waals surface area contributed by atoms with Crippen molar-refractivity contribution in [1.82, 2.24) is 5.32 Å². The molecule has 2 nitrogen and oxygen atoms in total. The van der Waals surface area contributed by atoms with E-state index in [4.69, 9.17) is 4.74 Å². The molecule has 0 radical (unpaired) electrons. The molecule has 0 aliphatic rings. The summed E-state index contributed by atoms with van der Waals surface area (Å²) < 4.78 is 5.10. The van der Waals surface area contributed by atoms with Crippen LogP contribution >= 0.6 is 0 Å². The van der Waals surface area contributed by atoms with Gasteiger partial charge in [0.1, 0.15) is 0 Å². The number of hydrogen-bond acceptors (Lipinski definition) is 2. The molecule has 0 unspecified atom stereocenters. The largest absolute Gasteiger partial charge is 0.384 e. The highest BCUT2D eigenvalue weighted by molar-refractivity contribution is 5.64. The first kappa shape index (κ1) is 13.8. The third kappa shape index (κ3) is 3.91. The number of benzene rings is 2. The maximum Gasteiger partial charge on any atom is 0.0502 e. The van der Waals surface area contributed by atoms with E-state index in [-0.39, 0.29) is 0 Å². The minimum absolute atomic E-state index is 0.775. The van der Waals surface area contributed by atoms with Crippen molar-refractivity contribution in [3.05, 3.63) is 59.7 Å². The molecular weight excluding hydrogens is 234 g/mol. The van der Waals surface area contributed by atoms with E-state index in [0.717, 1.165) is 19.6 Å². The quantitative estimate of drug-likeness (QED) is 0.855. The highest BCUT2D eigenvalue weighted by atomic mass is 16.5. The molecule has 2 aromatic carbocycles. The Balaban J connectivity index is 2.14. The predicted molar refractivity (Wildman–Crippen MR) is 80.2 cm³/mol. The minimum atomic E-state index is 0.775. The molecule has 0 spiro atoms. The molecule has 1 N–H and O–H groups in total. The van der Waals surface area contributed by atoms with Crippen molar-refractivity contribution in [3.8, 4) is 11.1 Å². The summed E-state index contributed by atoms with van der Waals surface area (Å²) in [5.41, 5.74) is 5.16. The maximum absolute atomic E-state index is 5.10. The van der Waals surface area contributed by atoms with Crippen LogP contribution in [0.2, 0.25) is 0 Å². The zero-order valence-corrected chi connectivity index (χ0v) is 11.6. The highest BCUT2D eigenvalue weighted by Gasteiger charge is 2.00. The second-order valence-electron chi connectivity index (χ2n) is 4.67. The summed E-state index contributed by atoms with van der Waals surface area (Å²) in [7, 11) is 3.71. The molecule has 0 amide bonds. The van der Waals surface area contributed by atoms with Crippen molar-refractivity contribution >= 4 is 0 Å². The molecule has 0 aliphatic heterocycles. The molecule has 0 atom stereocenters. The molecule has 100 valence electrons. The molecular formula is C17H21NO. The Hall–Kier alpha value is -1.64. The van der Waals surface area contributed by atoms with Crippen LogP contribution in [0.25, 0.3) is 11.1 Å². The molecule has 0 heterocycles. The van der Waals surface area contributed by atoms with Crippen molar-refractivity contribution in [2.75, 3.05) is 20.8 Å². The van der Waals surface area contributed by atoms with Gasteiger partial charge in [-0.2, -0.15) is 0 Å². The topological polar surface area (TPSA) is 21.3 Å². The van der Waals surface area contributed by atoms with Crippen LogP contribution in [0.15, 0.2) is 48.5 Å². The van der Waals surface area contributed by atoms with Crippen LogP contribution in [-0.4, -0.2) is 20.8 Å². The Morgan fingerprint density at radius 2 is 1.74 bits per heavy atom. The Labute approximate surface area is 115 Å². The third-order valence-corrected chi connectivity index (χ3v) is 3.19. The first-order chi connectivity index (χ1) is 9.33. The van der Waals surface area contributed by atoms with Gasteiger partial charge in [0.15, 0.2) is 0 Å². The van der Waals surface area contributed by atoms with Gasteiger partial charge in [-0.25, -0.2) is 0 Å². The van der Waals surface area contributed by atoms with E-state index in [1.165, 1.54) is 22.3 Å². The van der Waals surface area contributed by atoms with Gasteiger partial charge in [0, 0.05) is 13.7 Å². The smallest absolute Gasteiger partial charge is 0.0502 e. The van der Waals surface area contributed by atoms with Gasteiger partial charge in [0.05, 0.1) is 6.61 Å². The van der Waals surface area contributed by atoms with Crippen LogP contribution in [0.4, 0.5) is 0 Å². The van der Waals surface area contributed by atoms with E-state index in [2.05, 4.69) is 53.8 Å². The van der Waals surface area contributed by atoms with Crippen LogP contribution in [0.3, 0.4) is 0 Å². The molecule has 0 aromatic heterocycles. The first-order valence-corrected chi connectivity index (χ1v) is 6.65. The van der Waals surface area contributed by atoms with Gasteiger partial charge >= 0.3 is 0 Å². The molecule has 2 heteroatoms. The van der Waals surface area contributed by atoms with Gasteiger partial charge < -0.3 is 10.1 Å². The van der Waals surface area contributed by atoms with Gasteiger partial charge in [-0.15, -0.1) is 0 Å². The monoisotopic (exact) mass is 255 g/mol. The standard InChI is InChI=1S/C17H21NO/c1-18-13-15-4-3-5-17(12-15)16-8-6-14(7-9-16)10-11-19-2/h3-9,12,18H,10-11,13H2,1-2H3. The SMILES string of the molecule is CNCc1cccc(-c2ccc(CCOC)cc2)c1. The van der Waals surface area contributed by atoms with E-state index < -0.39 is 0 Å². The van der Waals surface area contributed by atoms with E-state index >= 15 is 0 Å². The molecule has 2 rings (SSSR count). The third-order valence-electron chi connectivity index (χ3n) is 3.19. The van der Waals surface area contributed by atoms with Crippen molar-refractivity contribution < 1.29 is 4.74 Å². The van der Waals surface area contributed by atoms with Crippen LogP contribution in [0.5, 0.6) is 0 Å². The lowest BCUT2D eigenvalue weighted by Gasteiger charge is -2.07. The van der Waals surface area contributed by atoms with Gasteiger partial charge in [-0.3, -0.25) is 0 Å². The molecule has 0 fully saturated rings. The fourth-order valence-corrected chi connectivity index (χ4v) is 2.15. The lowest BCUT2D eigenvalue weighted by molar-refractivity contribution is 0.202. The van der Waals surface area contributed by atoms with Crippen molar-refractivity contribution in [3.63, 3.8) is 0 Å². The summed E-state index contributed by atoms with van der Waals surface area (Å²) in [5, 5.41) is 3.18. The zero-order valence-electron chi connectivity index (χ0n) is 11.6. The predicted octanol–water partition coefficient (Wildman–Crippen LogP) is 3.26. The number of hydrogen-bond donors (Lipinski definition) is 1. The number of rotatable bonds is 6. The molecule has 0 aliphatic carbocycles. The van der Waals surface area contributed by atoms with E-state index in [9.17, 15) is 0 Å². The van der Waals surface area contributed by atoms with Gasteiger partial charge in [-0.05, 0) is 41.8 Å². The van der Waals surface area contributed by atoms with Crippen molar-refractivity contribution in [1.29, 1.82) is 0 Å². The molecule has 0 saturated carbocycles. The summed E-state index contributed by atoms with van der Waals surface area (Å²) >= 11 is 0. The van der Waals surface area contributed by atoms with Crippen LogP contribution in [0, 0.1) is 0 Å². The van der Waals surface area contributed by atoms with Crippen molar-refractivity contribution in [2.24, 2.45) is 0 Å². The summed E-state index contributed by atoms with van der Waals surface area (Å²) in [6, 6.07) is 17.4. The molecule has 0 bridgehead atoms. The Kier molecular flexibility index (Phi) is 5.13. The van der Waals surface area contributed by atoms with Gasteiger partial charge in [0.2, 0.25) is 0 Å². The first-order valence-electron chi connectivity index (χ1n) is 6.65. The van der Waals surface area contributed by atoms with Gasteiger partial charge in [-0.1, -0.05) is 42.5 Å². The summed E-state index contributed by atoms with van der Waals surface area (Å²) in [4.78, 5) is 0. The molecule has 2 aromatic rings. The zero-order chi connectivity index (χ0) is 13.5. The molecule has 0 saturated heterocycles. The van der Waals surface area contributed by atoms with E-state index in [1.807, 2.05) is 7.05 Å². The van der Waals surface area contributed by atoms with Gasteiger partial charge in [0.25, 0.3) is 0 Å². The fourth-order valence-electron chi connectivity index (χ4n) is 2.15. The van der Waals surface area contributed by atoms with Crippen molar-refractivity contribution in [2.45, 2.75) is 13.0 Å². The highest BCUT2D eigenvalue weighted by Crippen LogP contribution is 2.21. The average molecular weight is 255 g/mol. The lowest BCUT2D eigenvalue weighted by atomic mass is 10.0. The fraction of sp³-hybridized carbons (Fsp3) is 0.294. The molecule has 19 heavy (non-hydrogen) atoms. The summed E-state index contributed by atoms with van der Waals surface area (Å²) in [5.74, 6) is 0. The summed E-state index contributed by atoms with van der Waals surface area (Å²) in [6.45, 7) is 1.68. The van der Waals surface area contributed by atoms with Crippen LogP contribution in [-0.2, 0) is 17.7 Å². The van der Waals surface area contributed by atoms with Crippen LogP contribution in [0.1, 0.15) is 11.1 Å². The van der Waals surface area contributed by atoms with Crippen LogP contribution < -0.4 is 5.32 Å². The maximum atomic E-state index is 5.10. The summed E-state index contributed by atoms with van der Waals surface area (Å²) in [6.07, 6.45) is 0.969. The second kappa shape index (κ2) is 7.07. The second-order valence-corrected chi connectivity index (χ2v) is 4.67. The number of nitrogens with one attached hydrogen (secondary N) is 1.